The molecule has 6 rings (SSSR count). The Bertz CT molecular complexity index is 1970. The van der Waals surface area contributed by atoms with Gasteiger partial charge in [0, 0.05) is 35.3 Å². The molecule has 2 N–H and O–H groups in total. The monoisotopic (exact) mass is 620 g/mol. The first-order valence-electron chi connectivity index (χ1n) is 14.4. The lowest BCUT2D eigenvalue weighted by Gasteiger charge is -2.32. The summed E-state index contributed by atoms with van der Waals surface area (Å²) >= 11 is 0. The molecule has 1 aromatic heterocycles. The topological polar surface area (TPSA) is 121 Å². The number of ether oxygens (including phenoxy) is 2. The Hall–Kier alpha value is -5.97. The zero-order chi connectivity index (χ0) is 32.4. The van der Waals surface area contributed by atoms with E-state index in [1.807, 2.05) is 24.3 Å². The highest BCUT2D eigenvalue weighted by Gasteiger charge is 2.40. The van der Waals surface area contributed by atoms with Gasteiger partial charge in [-0.25, -0.2) is 4.39 Å². The second-order valence-electron chi connectivity index (χ2n) is 10.6. The first-order valence-corrected chi connectivity index (χ1v) is 14.4. The highest BCUT2D eigenvalue weighted by molar-refractivity contribution is 6.52. The number of fused-ring (bicyclic) bond motifs is 2. The predicted molar refractivity (Wildman–Crippen MR) is 169 cm³/mol. The normalized spacial score (nSPS) is 13.0. The number of aromatic amines is 1. The number of benzene rings is 4. The molecule has 46 heavy (non-hydrogen) atoms. The number of amides is 3. The second-order valence-corrected chi connectivity index (χ2v) is 10.6. The average molecular weight is 621 g/mol. The molecule has 0 aliphatic carbocycles. The molecule has 0 radical (unpaired) electrons. The number of aromatic nitrogens is 1. The van der Waals surface area contributed by atoms with E-state index in [1.165, 1.54) is 49.5 Å². The summed E-state index contributed by atoms with van der Waals surface area (Å²) in [6, 6.07) is 23.0. The van der Waals surface area contributed by atoms with Crippen LogP contribution in [0.25, 0.3) is 10.9 Å². The van der Waals surface area contributed by atoms with Gasteiger partial charge in [0.15, 0.2) is 0 Å². The van der Waals surface area contributed by atoms with E-state index < -0.39 is 41.9 Å². The Morgan fingerprint density at radius 1 is 0.935 bits per heavy atom. The van der Waals surface area contributed by atoms with E-state index >= 15 is 0 Å². The van der Waals surface area contributed by atoms with Crippen molar-refractivity contribution in [2.45, 2.75) is 12.6 Å². The molecule has 4 aromatic carbocycles. The number of hydrogen-bond donors (Lipinski definition) is 2. The molecule has 2 heterocycles. The number of methoxy groups -OCH3 is 2. The zero-order valence-electron chi connectivity index (χ0n) is 25.0. The number of carbonyl (C=O) groups is 4. The summed E-state index contributed by atoms with van der Waals surface area (Å²) in [5.41, 5.74) is 2.60. The van der Waals surface area contributed by atoms with Gasteiger partial charge in [0.05, 0.1) is 31.2 Å². The summed E-state index contributed by atoms with van der Waals surface area (Å²) in [5, 5.41) is 3.59. The number of anilines is 2. The third kappa shape index (κ3) is 5.65. The van der Waals surface area contributed by atoms with Crippen LogP contribution < -0.4 is 19.7 Å². The van der Waals surface area contributed by atoms with Crippen molar-refractivity contribution < 1.29 is 33.0 Å². The van der Waals surface area contributed by atoms with Crippen LogP contribution in [0.1, 0.15) is 27.5 Å². The molecule has 1 aliphatic heterocycles. The number of H-pyrrole nitrogens is 1. The number of carbonyl (C=O) groups excluding carboxylic acids is 4. The summed E-state index contributed by atoms with van der Waals surface area (Å²) in [6.45, 7) is -0.630. The lowest BCUT2D eigenvalue weighted by Crippen LogP contribution is -2.46. The molecule has 0 saturated carbocycles. The van der Waals surface area contributed by atoms with Gasteiger partial charge in [-0.3, -0.25) is 24.1 Å². The largest absolute Gasteiger partial charge is 0.497 e. The van der Waals surface area contributed by atoms with Crippen LogP contribution in [0.2, 0.25) is 0 Å². The lowest BCUT2D eigenvalue weighted by molar-refractivity contribution is -0.139. The summed E-state index contributed by atoms with van der Waals surface area (Å²) in [4.78, 5) is 60.2. The number of ketones is 1. The molecule has 3 amide bonds. The van der Waals surface area contributed by atoms with Crippen LogP contribution in [0.3, 0.4) is 0 Å². The van der Waals surface area contributed by atoms with Gasteiger partial charge in [0.25, 0.3) is 17.6 Å². The Balaban J connectivity index is 1.45. The molecule has 0 bridgehead atoms. The summed E-state index contributed by atoms with van der Waals surface area (Å²) in [7, 11) is 2.97. The van der Waals surface area contributed by atoms with E-state index in [0.717, 1.165) is 10.4 Å². The molecule has 0 spiro atoms. The van der Waals surface area contributed by atoms with Crippen molar-refractivity contribution in [1.29, 1.82) is 0 Å². The third-order valence-electron chi connectivity index (χ3n) is 7.90. The lowest BCUT2D eigenvalue weighted by atomic mass is 10.0. The first kappa shape index (κ1) is 30.1. The van der Waals surface area contributed by atoms with Gasteiger partial charge >= 0.3 is 0 Å². The molecule has 11 heteroatoms. The first-order chi connectivity index (χ1) is 22.3. The maximum absolute atomic E-state index is 14.4. The van der Waals surface area contributed by atoms with Crippen LogP contribution in [-0.2, 0) is 20.9 Å². The van der Waals surface area contributed by atoms with E-state index in [9.17, 15) is 23.6 Å². The zero-order valence-corrected chi connectivity index (χ0v) is 25.0. The molecular formula is C35H29FN4O6. The number of Topliss-reactive ketones (excluding diaryl/α,β-unsaturated/α-hetero) is 1. The third-order valence-corrected chi connectivity index (χ3v) is 7.90. The fourth-order valence-corrected chi connectivity index (χ4v) is 5.61. The fraction of sp³-hybridized carbons (Fsp3) is 0.143. The van der Waals surface area contributed by atoms with Crippen LogP contribution in [0.5, 0.6) is 11.5 Å². The van der Waals surface area contributed by atoms with Gasteiger partial charge in [-0.1, -0.05) is 42.5 Å². The maximum Gasteiger partial charge on any atom is 0.299 e. The number of rotatable bonds is 10. The minimum absolute atomic E-state index is 0.117. The Morgan fingerprint density at radius 3 is 2.43 bits per heavy atom. The van der Waals surface area contributed by atoms with Gasteiger partial charge in [-0.05, 0) is 48.0 Å². The van der Waals surface area contributed by atoms with Gasteiger partial charge in [-0.2, -0.15) is 0 Å². The highest BCUT2D eigenvalue weighted by Crippen LogP contribution is 2.35. The number of hydrogen-bond acceptors (Lipinski definition) is 6. The molecule has 1 atom stereocenters. The van der Waals surface area contributed by atoms with Gasteiger partial charge in [0.1, 0.15) is 29.9 Å². The number of halogens is 1. The van der Waals surface area contributed by atoms with Crippen LogP contribution in [-0.4, -0.2) is 54.2 Å². The quantitative estimate of drug-likeness (QED) is 0.206. The summed E-state index contributed by atoms with van der Waals surface area (Å²) in [6.07, 6.45) is 1.66. The van der Waals surface area contributed by atoms with Gasteiger partial charge in [0.2, 0.25) is 5.91 Å². The van der Waals surface area contributed by atoms with Crippen molar-refractivity contribution in [3.05, 3.63) is 120 Å². The van der Waals surface area contributed by atoms with Crippen LogP contribution >= 0.6 is 0 Å². The molecule has 1 aliphatic rings. The standard InChI is InChI=1S/C35H29FN4O6/c1-45-23-15-16-28(30(17-23)46-2)38-34(43)32(26-18-37-27-9-5-3-7-24(26)27)40(19-21-11-13-22(36)14-12-21)31(41)20-39-29-10-6-4-8-25(29)33(42)35(39)44/h3-18,32,37H,19-20H2,1-2H3,(H,38,43). The van der Waals surface area contributed by atoms with E-state index in [-0.39, 0.29) is 12.1 Å². The van der Waals surface area contributed by atoms with E-state index in [1.54, 1.807) is 42.6 Å². The average Bonchev–Trinajstić information content (AvgIpc) is 3.60. The molecule has 10 nitrogen and oxygen atoms in total. The Labute approximate surface area is 263 Å². The number of nitrogens with one attached hydrogen (secondary N) is 2. The summed E-state index contributed by atoms with van der Waals surface area (Å²) in [5.74, 6) is -2.36. The van der Waals surface area contributed by atoms with Crippen molar-refractivity contribution in [3.63, 3.8) is 0 Å². The smallest absolute Gasteiger partial charge is 0.299 e. The Kier molecular flexibility index (Phi) is 8.21. The molecule has 5 aromatic rings. The van der Waals surface area contributed by atoms with Crippen molar-refractivity contribution in [3.8, 4) is 11.5 Å². The van der Waals surface area contributed by atoms with Crippen LogP contribution in [0.4, 0.5) is 15.8 Å². The molecular weight excluding hydrogens is 591 g/mol. The maximum atomic E-state index is 14.4. The SMILES string of the molecule is COc1ccc(NC(=O)C(c2c[nH]c3ccccc23)N(Cc2ccc(F)cc2)C(=O)CN2C(=O)C(=O)c3ccccc32)c(OC)c1. The number of nitrogens with zero attached hydrogens (tertiary/aromatic N) is 2. The number of para-hydroxylation sites is 2. The second kappa shape index (κ2) is 12.6. The fourth-order valence-electron chi connectivity index (χ4n) is 5.61. The van der Waals surface area contributed by atoms with E-state index in [4.69, 9.17) is 9.47 Å². The van der Waals surface area contributed by atoms with Crippen molar-refractivity contribution in [2.24, 2.45) is 0 Å². The van der Waals surface area contributed by atoms with Crippen LogP contribution in [0.15, 0.2) is 97.2 Å². The predicted octanol–water partition coefficient (Wildman–Crippen LogP) is 5.26. The molecule has 0 saturated heterocycles. The molecule has 0 fully saturated rings. The highest BCUT2D eigenvalue weighted by atomic mass is 19.1. The van der Waals surface area contributed by atoms with E-state index in [2.05, 4.69) is 10.3 Å². The van der Waals surface area contributed by atoms with Gasteiger partial charge in [-0.15, -0.1) is 0 Å². The van der Waals surface area contributed by atoms with Crippen LogP contribution in [0, 0.1) is 5.82 Å². The minimum atomic E-state index is -1.25. The van der Waals surface area contributed by atoms with Gasteiger partial charge < -0.3 is 24.7 Å². The minimum Gasteiger partial charge on any atom is -0.497 e. The molecule has 1 unspecified atom stereocenters. The summed E-state index contributed by atoms with van der Waals surface area (Å²) < 4.78 is 24.7. The van der Waals surface area contributed by atoms with E-state index in [0.29, 0.717) is 39.4 Å². The molecule has 232 valence electrons. The van der Waals surface area contributed by atoms with Crippen molar-refractivity contribution in [1.82, 2.24) is 9.88 Å². The van der Waals surface area contributed by atoms with Crippen molar-refractivity contribution >= 4 is 45.8 Å². The van der Waals surface area contributed by atoms with Crippen molar-refractivity contribution in [2.75, 3.05) is 31.0 Å². The Morgan fingerprint density at radius 2 is 1.67 bits per heavy atom.